The minimum Gasteiger partial charge on any atom is -0.314 e. The number of nitrogens with zero attached hydrogens (tertiary/aromatic N) is 3. The van der Waals surface area contributed by atoms with Crippen LogP contribution in [0.25, 0.3) is 0 Å². The number of piperidine rings is 1. The molecule has 0 spiro atoms. The summed E-state index contributed by atoms with van der Waals surface area (Å²) in [6.45, 7) is 10.8. The topological polar surface area (TPSA) is 41.0 Å². The highest BCUT2D eigenvalue weighted by molar-refractivity contribution is 5.02. The summed E-state index contributed by atoms with van der Waals surface area (Å²) in [5, 5.41) is 3.58. The molecule has 4 nitrogen and oxygen atoms in total. The Kier molecular flexibility index (Phi) is 4.66. The Balaban J connectivity index is 1.89. The van der Waals surface area contributed by atoms with Crippen molar-refractivity contribution in [3.8, 4) is 0 Å². The molecular weight excluding hydrogens is 224 g/mol. The van der Waals surface area contributed by atoms with Crippen LogP contribution in [0, 0.1) is 12.8 Å². The average Bonchev–Trinajstić information content (AvgIpc) is 2.33. The number of rotatable bonds is 4. The van der Waals surface area contributed by atoms with E-state index < -0.39 is 0 Å². The Morgan fingerprint density at radius 1 is 1.50 bits per heavy atom. The van der Waals surface area contributed by atoms with Gasteiger partial charge in [0.05, 0.1) is 5.69 Å². The number of hydrogen-bond acceptors (Lipinski definition) is 4. The van der Waals surface area contributed by atoms with E-state index in [2.05, 4.69) is 34.0 Å². The Labute approximate surface area is 110 Å². The van der Waals surface area contributed by atoms with Gasteiger partial charge in [0.25, 0.3) is 0 Å². The Morgan fingerprint density at radius 2 is 2.33 bits per heavy atom. The molecule has 0 aliphatic carbocycles. The van der Waals surface area contributed by atoms with Gasteiger partial charge < -0.3 is 5.32 Å². The van der Waals surface area contributed by atoms with Crippen molar-refractivity contribution < 1.29 is 0 Å². The number of likely N-dealkylation sites (tertiary alicyclic amines) is 1. The van der Waals surface area contributed by atoms with Crippen LogP contribution in [0.3, 0.4) is 0 Å². The molecular formula is C14H24N4. The third-order valence-electron chi connectivity index (χ3n) is 3.68. The Hall–Kier alpha value is -1.00. The molecule has 1 aromatic rings. The van der Waals surface area contributed by atoms with Crippen LogP contribution in [-0.4, -0.2) is 40.5 Å². The van der Waals surface area contributed by atoms with Crippen LogP contribution < -0.4 is 5.32 Å². The molecule has 0 aromatic carbocycles. The smallest absolute Gasteiger partial charge is 0.125 e. The summed E-state index contributed by atoms with van der Waals surface area (Å²) in [6, 6.07) is 2.70. The standard InChI is InChI=1S/C14H24N4/c1-4-15-14-6-8-18(9-11(14)2)10-13-5-7-16-12(3)17-13/h5,7,11,14-15H,4,6,8-10H2,1-3H3. The minimum atomic E-state index is 0.679. The molecule has 1 aliphatic rings. The quantitative estimate of drug-likeness (QED) is 0.879. The van der Waals surface area contributed by atoms with E-state index in [4.69, 9.17) is 0 Å². The second-order valence-electron chi connectivity index (χ2n) is 5.26. The van der Waals surface area contributed by atoms with E-state index in [1.165, 1.54) is 6.42 Å². The van der Waals surface area contributed by atoms with Gasteiger partial charge in [-0.15, -0.1) is 0 Å². The zero-order chi connectivity index (χ0) is 13.0. The molecule has 4 heteroatoms. The predicted octanol–water partition coefficient (Wildman–Crippen LogP) is 1.60. The molecule has 0 amide bonds. The molecule has 2 rings (SSSR count). The Morgan fingerprint density at radius 3 is 3.00 bits per heavy atom. The van der Waals surface area contributed by atoms with E-state index in [0.717, 1.165) is 37.7 Å². The summed E-state index contributed by atoms with van der Waals surface area (Å²) in [5.74, 6) is 1.57. The van der Waals surface area contributed by atoms with Crippen molar-refractivity contribution in [1.29, 1.82) is 0 Å². The van der Waals surface area contributed by atoms with Crippen LogP contribution >= 0.6 is 0 Å². The molecule has 18 heavy (non-hydrogen) atoms. The van der Waals surface area contributed by atoms with Crippen molar-refractivity contribution in [3.63, 3.8) is 0 Å². The highest BCUT2D eigenvalue weighted by Crippen LogP contribution is 2.18. The number of hydrogen-bond donors (Lipinski definition) is 1. The first-order chi connectivity index (χ1) is 8.69. The lowest BCUT2D eigenvalue weighted by Gasteiger charge is -2.37. The fourth-order valence-corrected chi connectivity index (χ4v) is 2.76. The first kappa shape index (κ1) is 13.4. The van der Waals surface area contributed by atoms with Crippen LogP contribution in [-0.2, 0) is 6.54 Å². The number of aromatic nitrogens is 2. The lowest BCUT2D eigenvalue weighted by Crippen LogP contribution is -2.47. The SMILES string of the molecule is CCNC1CCN(Cc2ccnc(C)n2)CC1C. The third-order valence-corrected chi connectivity index (χ3v) is 3.68. The maximum absolute atomic E-state index is 4.48. The largest absolute Gasteiger partial charge is 0.314 e. The van der Waals surface area contributed by atoms with Crippen molar-refractivity contribution in [2.24, 2.45) is 5.92 Å². The van der Waals surface area contributed by atoms with Gasteiger partial charge in [0.2, 0.25) is 0 Å². The van der Waals surface area contributed by atoms with Gasteiger partial charge in [0.1, 0.15) is 5.82 Å². The van der Waals surface area contributed by atoms with Gasteiger partial charge in [-0.2, -0.15) is 0 Å². The predicted molar refractivity (Wildman–Crippen MR) is 73.3 cm³/mol. The molecule has 2 heterocycles. The van der Waals surface area contributed by atoms with Gasteiger partial charge >= 0.3 is 0 Å². The van der Waals surface area contributed by atoms with E-state index in [1.807, 2.05) is 19.2 Å². The molecule has 1 N–H and O–H groups in total. The summed E-state index contributed by atoms with van der Waals surface area (Å²) in [6.07, 6.45) is 3.09. The zero-order valence-electron chi connectivity index (χ0n) is 11.7. The van der Waals surface area contributed by atoms with E-state index in [9.17, 15) is 0 Å². The molecule has 1 saturated heterocycles. The van der Waals surface area contributed by atoms with Crippen molar-refractivity contribution >= 4 is 0 Å². The summed E-state index contributed by atoms with van der Waals surface area (Å²) in [5.41, 5.74) is 1.14. The lowest BCUT2D eigenvalue weighted by molar-refractivity contribution is 0.140. The second kappa shape index (κ2) is 6.25. The van der Waals surface area contributed by atoms with E-state index >= 15 is 0 Å². The molecule has 2 atom stereocenters. The second-order valence-corrected chi connectivity index (χ2v) is 5.26. The average molecular weight is 248 g/mol. The highest BCUT2D eigenvalue weighted by Gasteiger charge is 2.25. The fourth-order valence-electron chi connectivity index (χ4n) is 2.76. The van der Waals surface area contributed by atoms with E-state index in [0.29, 0.717) is 12.0 Å². The van der Waals surface area contributed by atoms with Crippen LogP contribution in [0.2, 0.25) is 0 Å². The van der Waals surface area contributed by atoms with Crippen LogP contribution in [0.4, 0.5) is 0 Å². The monoisotopic (exact) mass is 248 g/mol. The normalized spacial score (nSPS) is 25.3. The highest BCUT2D eigenvalue weighted by atomic mass is 15.2. The fraction of sp³-hybridized carbons (Fsp3) is 0.714. The molecule has 100 valence electrons. The number of nitrogens with one attached hydrogen (secondary N) is 1. The van der Waals surface area contributed by atoms with Gasteiger partial charge in [-0.05, 0) is 31.9 Å². The first-order valence-corrected chi connectivity index (χ1v) is 6.93. The van der Waals surface area contributed by atoms with Crippen LogP contribution in [0.1, 0.15) is 31.8 Å². The Bertz CT molecular complexity index is 380. The minimum absolute atomic E-state index is 0.679. The molecule has 1 aromatic heterocycles. The molecule has 0 bridgehead atoms. The lowest BCUT2D eigenvalue weighted by atomic mass is 9.94. The molecule has 0 radical (unpaired) electrons. The van der Waals surface area contributed by atoms with Crippen molar-refractivity contribution in [1.82, 2.24) is 20.2 Å². The summed E-state index contributed by atoms with van der Waals surface area (Å²) in [7, 11) is 0. The van der Waals surface area contributed by atoms with Gasteiger partial charge in [-0.25, -0.2) is 9.97 Å². The molecule has 2 unspecified atom stereocenters. The van der Waals surface area contributed by atoms with E-state index in [-0.39, 0.29) is 0 Å². The summed E-state index contributed by atoms with van der Waals surface area (Å²) < 4.78 is 0. The molecule has 1 fully saturated rings. The van der Waals surface area contributed by atoms with Crippen molar-refractivity contribution in [2.75, 3.05) is 19.6 Å². The zero-order valence-corrected chi connectivity index (χ0v) is 11.7. The molecule has 0 saturated carbocycles. The maximum atomic E-state index is 4.48. The van der Waals surface area contributed by atoms with Gasteiger partial charge in [-0.1, -0.05) is 13.8 Å². The summed E-state index contributed by atoms with van der Waals surface area (Å²) >= 11 is 0. The third kappa shape index (κ3) is 3.50. The molecule has 1 aliphatic heterocycles. The summed E-state index contributed by atoms with van der Waals surface area (Å²) in [4.78, 5) is 11.1. The van der Waals surface area contributed by atoms with Crippen LogP contribution in [0.15, 0.2) is 12.3 Å². The van der Waals surface area contributed by atoms with Gasteiger partial charge in [0, 0.05) is 31.9 Å². The van der Waals surface area contributed by atoms with Crippen LogP contribution in [0.5, 0.6) is 0 Å². The first-order valence-electron chi connectivity index (χ1n) is 6.93. The van der Waals surface area contributed by atoms with E-state index in [1.54, 1.807) is 0 Å². The van der Waals surface area contributed by atoms with Gasteiger partial charge in [-0.3, -0.25) is 4.90 Å². The number of aryl methyl sites for hydroxylation is 1. The van der Waals surface area contributed by atoms with Crippen molar-refractivity contribution in [3.05, 3.63) is 23.8 Å². The maximum Gasteiger partial charge on any atom is 0.125 e. The van der Waals surface area contributed by atoms with Gasteiger partial charge in [0.15, 0.2) is 0 Å². The van der Waals surface area contributed by atoms with Crippen molar-refractivity contribution in [2.45, 2.75) is 39.8 Å².